The van der Waals surface area contributed by atoms with Crippen LogP contribution in [-0.4, -0.2) is 37.2 Å². The molecule has 0 amide bonds. The molecule has 0 saturated carbocycles. The molecule has 0 aromatic carbocycles. The number of carbonyl (C=O) groups is 3. The van der Waals surface area contributed by atoms with Crippen molar-refractivity contribution < 1.29 is 28.6 Å². The molecule has 75 heavy (non-hydrogen) atoms. The lowest BCUT2D eigenvalue weighted by Gasteiger charge is -2.18. The van der Waals surface area contributed by atoms with E-state index >= 15 is 0 Å². The molecule has 0 aliphatic heterocycles. The molecular formula is C69H112O6. The second-order valence-electron chi connectivity index (χ2n) is 19.9. The molecule has 0 aliphatic rings. The van der Waals surface area contributed by atoms with Crippen LogP contribution < -0.4 is 0 Å². The van der Waals surface area contributed by atoms with Gasteiger partial charge in [0.15, 0.2) is 6.10 Å². The van der Waals surface area contributed by atoms with E-state index < -0.39 is 6.10 Å². The van der Waals surface area contributed by atoms with Gasteiger partial charge in [-0.2, -0.15) is 0 Å². The molecule has 0 spiro atoms. The van der Waals surface area contributed by atoms with Crippen LogP contribution in [0.3, 0.4) is 0 Å². The van der Waals surface area contributed by atoms with E-state index in [1.54, 1.807) is 0 Å². The molecule has 0 N–H and O–H groups in total. The van der Waals surface area contributed by atoms with Crippen LogP contribution in [0.15, 0.2) is 134 Å². The zero-order chi connectivity index (χ0) is 54.3. The first-order valence-corrected chi connectivity index (χ1v) is 30.7. The summed E-state index contributed by atoms with van der Waals surface area (Å²) >= 11 is 0. The van der Waals surface area contributed by atoms with Crippen molar-refractivity contribution >= 4 is 17.9 Å². The van der Waals surface area contributed by atoms with Gasteiger partial charge in [0.1, 0.15) is 13.2 Å². The summed E-state index contributed by atoms with van der Waals surface area (Å²) in [6.07, 6.45) is 87.3. The minimum Gasteiger partial charge on any atom is -0.462 e. The van der Waals surface area contributed by atoms with Gasteiger partial charge in [0, 0.05) is 19.3 Å². The van der Waals surface area contributed by atoms with Crippen molar-refractivity contribution in [3.8, 4) is 0 Å². The fourth-order valence-electron chi connectivity index (χ4n) is 8.02. The quantitative estimate of drug-likeness (QED) is 0.0261. The van der Waals surface area contributed by atoms with Crippen LogP contribution in [0.25, 0.3) is 0 Å². The van der Waals surface area contributed by atoms with Gasteiger partial charge in [0.25, 0.3) is 0 Å². The third kappa shape index (κ3) is 60.3. The Balaban J connectivity index is 4.43. The Morgan fingerprint density at radius 1 is 0.280 bits per heavy atom. The normalized spacial score (nSPS) is 13.1. The minimum atomic E-state index is -0.803. The molecule has 0 fully saturated rings. The average molecular weight is 1040 g/mol. The van der Waals surface area contributed by atoms with Crippen molar-refractivity contribution in [2.75, 3.05) is 13.2 Å². The standard InChI is InChI=1S/C69H112O6/c1-4-7-10-13-16-19-22-25-27-29-31-32-33-34-35-36-38-39-41-44-47-50-53-56-59-62-68(71)74-65-66(64-73-67(70)61-58-55-52-49-46-43-24-21-18-15-12-9-6-3)75-69(72)63-60-57-54-51-48-45-42-40-37-30-28-26-23-20-17-14-11-8-5-2/h7,10,12,15-17,19-21,24-28,31-32,34-35,37-40,66H,4-6,8-9,11,13-14,18,22-23,29-30,33,36,41-65H2,1-3H3/b10-7-,15-12-,19-16-,20-17-,24-21-,27-25-,28-26-,32-31-,35-34-,39-38-,40-37-. The first-order chi connectivity index (χ1) is 37.0. The average Bonchev–Trinajstić information content (AvgIpc) is 3.41. The highest BCUT2D eigenvalue weighted by Crippen LogP contribution is 2.14. The highest BCUT2D eigenvalue weighted by Gasteiger charge is 2.19. The van der Waals surface area contributed by atoms with E-state index in [9.17, 15) is 14.4 Å². The van der Waals surface area contributed by atoms with Crippen LogP contribution in [0.1, 0.15) is 265 Å². The van der Waals surface area contributed by atoms with Crippen molar-refractivity contribution in [2.24, 2.45) is 0 Å². The number of hydrogen-bond donors (Lipinski definition) is 0. The maximum Gasteiger partial charge on any atom is 0.306 e. The molecule has 424 valence electrons. The Morgan fingerprint density at radius 2 is 0.547 bits per heavy atom. The highest BCUT2D eigenvalue weighted by atomic mass is 16.6. The van der Waals surface area contributed by atoms with Gasteiger partial charge in [0.05, 0.1) is 0 Å². The number of ether oxygens (including phenoxy) is 3. The molecule has 0 rings (SSSR count). The predicted octanol–water partition coefficient (Wildman–Crippen LogP) is 21.0. The molecule has 0 aromatic rings. The summed E-state index contributed by atoms with van der Waals surface area (Å²) in [6.45, 7) is 6.40. The first kappa shape index (κ1) is 70.5. The molecule has 1 atom stereocenters. The molecular weight excluding hydrogens is 925 g/mol. The fraction of sp³-hybridized carbons (Fsp3) is 0.638. The second kappa shape index (κ2) is 62.1. The highest BCUT2D eigenvalue weighted by molar-refractivity contribution is 5.71. The fourth-order valence-corrected chi connectivity index (χ4v) is 8.02. The molecule has 6 nitrogen and oxygen atoms in total. The number of allylic oxidation sites excluding steroid dienone is 22. The third-order valence-electron chi connectivity index (χ3n) is 12.6. The maximum atomic E-state index is 12.9. The SMILES string of the molecule is CC/C=C\C/C=C\C/C=C\C/C=C\C/C=C\C/C=C\CCCCCCCCC(=O)OCC(COC(=O)CCCCCCC/C=C\C/C=C\CCC)OC(=O)CCCCCCCC/C=C\C/C=C\C/C=C\CCCCC. The van der Waals surface area contributed by atoms with Gasteiger partial charge < -0.3 is 14.2 Å². The van der Waals surface area contributed by atoms with Crippen molar-refractivity contribution in [3.05, 3.63) is 134 Å². The molecule has 1 unspecified atom stereocenters. The van der Waals surface area contributed by atoms with Gasteiger partial charge in [-0.05, 0) is 135 Å². The van der Waals surface area contributed by atoms with Crippen LogP contribution in [0.2, 0.25) is 0 Å². The smallest absolute Gasteiger partial charge is 0.306 e. The molecule has 0 aliphatic carbocycles. The molecule has 0 bridgehead atoms. The monoisotopic (exact) mass is 1040 g/mol. The Labute approximate surface area is 462 Å². The molecule has 0 radical (unpaired) electrons. The van der Waals surface area contributed by atoms with Crippen molar-refractivity contribution in [3.63, 3.8) is 0 Å². The minimum absolute atomic E-state index is 0.0995. The van der Waals surface area contributed by atoms with Crippen LogP contribution in [0.5, 0.6) is 0 Å². The Hall–Kier alpha value is -4.45. The number of esters is 3. The van der Waals surface area contributed by atoms with Crippen molar-refractivity contribution in [2.45, 2.75) is 271 Å². The van der Waals surface area contributed by atoms with E-state index in [0.717, 1.165) is 167 Å². The lowest BCUT2D eigenvalue weighted by molar-refractivity contribution is -0.167. The zero-order valence-electron chi connectivity index (χ0n) is 48.5. The van der Waals surface area contributed by atoms with Gasteiger partial charge in [-0.1, -0.05) is 244 Å². The Kier molecular flexibility index (Phi) is 58.4. The lowest BCUT2D eigenvalue weighted by Crippen LogP contribution is -2.30. The van der Waals surface area contributed by atoms with Crippen LogP contribution >= 0.6 is 0 Å². The first-order valence-electron chi connectivity index (χ1n) is 30.7. The summed E-state index contributed by atoms with van der Waals surface area (Å²) in [5, 5.41) is 0. The summed E-state index contributed by atoms with van der Waals surface area (Å²) in [4.78, 5) is 38.3. The van der Waals surface area contributed by atoms with E-state index in [2.05, 4.69) is 154 Å². The third-order valence-corrected chi connectivity index (χ3v) is 12.6. The number of carbonyl (C=O) groups excluding carboxylic acids is 3. The summed E-state index contributed by atoms with van der Waals surface area (Å²) < 4.78 is 16.9. The van der Waals surface area contributed by atoms with Crippen LogP contribution in [-0.2, 0) is 28.6 Å². The lowest BCUT2D eigenvalue weighted by atomic mass is 10.1. The number of unbranched alkanes of at least 4 members (excludes halogenated alkanes) is 21. The van der Waals surface area contributed by atoms with Gasteiger partial charge in [-0.3, -0.25) is 14.4 Å². The molecule has 0 aromatic heterocycles. The van der Waals surface area contributed by atoms with Crippen LogP contribution in [0, 0.1) is 0 Å². The number of rotatable bonds is 54. The molecule has 6 heteroatoms. The molecule has 0 heterocycles. The summed E-state index contributed by atoms with van der Waals surface area (Å²) in [6, 6.07) is 0. The summed E-state index contributed by atoms with van der Waals surface area (Å²) in [7, 11) is 0. The van der Waals surface area contributed by atoms with Crippen LogP contribution in [0.4, 0.5) is 0 Å². The van der Waals surface area contributed by atoms with E-state index in [0.29, 0.717) is 19.3 Å². The number of hydrogen-bond acceptors (Lipinski definition) is 6. The van der Waals surface area contributed by atoms with E-state index in [-0.39, 0.29) is 31.1 Å². The van der Waals surface area contributed by atoms with Gasteiger partial charge >= 0.3 is 17.9 Å². The van der Waals surface area contributed by atoms with E-state index in [1.807, 2.05) is 0 Å². The van der Waals surface area contributed by atoms with Gasteiger partial charge in [-0.15, -0.1) is 0 Å². The van der Waals surface area contributed by atoms with Crippen molar-refractivity contribution in [1.82, 2.24) is 0 Å². The van der Waals surface area contributed by atoms with E-state index in [4.69, 9.17) is 14.2 Å². The van der Waals surface area contributed by atoms with E-state index in [1.165, 1.54) is 57.8 Å². The predicted molar refractivity (Wildman–Crippen MR) is 325 cm³/mol. The summed E-state index contributed by atoms with van der Waals surface area (Å²) in [5.41, 5.74) is 0. The maximum absolute atomic E-state index is 12.9. The largest absolute Gasteiger partial charge is 0.462 e. The van der Waals surface area contributed by atoms with Gasteiger partial charge in [-0.25, -0.2) is 0 Å². The molecule has 0 saturated heterocycles. The zero-order valence-corrected chi connectivity index (χ0v) is 48.5. The Bertz CT molecular complexity index is 1620. The Morgan fingerprint density at radius 3 is 0.867 bits per heavy atom. The van der Waals surface area contributed by atoms with Gasteiger partial charge in [0.2, 0.25) is 0 Å². The van der Waals surface area contributed by atoms with Crippen molar-refractivity contribution in [1.29, 1.82) is 0 Å². The topological polar surface area (TPSA) is 78.9 Å². The second-order valence-corrected chi connectivity index (χ2v) is 19.9. The summed E-state index contributed by atoms with van der Waals surface area (Å²) in [5.74, 6) is -0.941.